The largest absolute Gasteiger partial charge is 0.346 e. The Kier molecular flexibility index (Phi) is 4.85. The van der Waals surface area contributed by atoms with Crippen molar-refractivity contribution in [3.8, 4) is 11.3 Å². The molecule has 0 aliphatic rings. The van der Waals surface area contributed by atoms with Gasteiger partial charge < -0.3 is 14.8 Å². The number of rotatable bonds is 4. The smallest absolute Gasteiger partial charge is 0.315 e. The third-order valence-corrected chi connectivity index (χ3v) is 5.00. The molecular formula is C22H24N6O2. The number of hydrogen-bond donors (Lipinski definition) is 2. The van der Waals surface area contributed by atoms with E-state index in [4.69, 9.17) is 4.52 Å². The standard InChI is InChI=1S/C22H24N6O2/c1-12-10-14(17-16-8-9-23-18(16)25-11-24-17)6-7-15(12)13(2)26-19(29)20-27-21(28-30-20)22(3,4)5/h6-11,13H,1-5H3,(H,26,29)(H,23,24,25)/t13-/m1/s1. The van der Waals surface area contributed by atoms with Gasteiger partial charge in [-0.2, -0.15) is 4.98 Å². The van der Waals surface area contributed by atoms with E-state index in [1.165, 1.54) is 0 Å². The summed E-state index contributed by atoms with van der Waals surface area (Å²) in [7, 11) is 0. The van der Waals surface area contributed by atoms with E-state index in [1.807, 2.05) is 59.0 Å². The van der Waals surface area contributed by atoms with Crippen LogP contribution in [0.15, 0.2) is 41.3 Å². The molecule has 8 nitrogen and oxygen atoms in total. The molecule has 0 bridgehead atoms. The Morgan fingerprint density at radius 3 is 2.70 bits per heavy atom. The Labute approximate surface area is 174 Å². The second kappa shape index (κ2) is 7.37. The number of aryl methyl sites for hydroxylation is 1. The third-order valence-electron chi connectivity index (χ3n) is 5.00. The van der Waals surface area contributed by atoms with Crippen LogP contribution in [0, 0.1) is 6.92 Å². The summed E-state index contributed by atoms with van der Waals surface area (Å²) in [6, 6.07) is 7.81. The molecule has 1 atom stereocenters. The van der Waals surface area contributed by atoms with Crippen molar-refractivity contribution in [2.24, 2.45) is 0 Å². The van der Waals surface area contributed by atoms with Crippen LogP contribution in [0.1, 0.15) is 61.4 Å². The first-order valence-corrected chi connectivity index (χ1v) is 9.78. The van der Waals surface area contributed by atoms with Crippen molar-refractivity contribution < 1.29 is 9.32 Å². The predicted octanol–water partition coefficient (Wildman–Crippen LogP) is 4.10. The molecule has 1 amide bonds. The summed E-state index contributed by atoms with van der Waals surface area (Å²) in [5.74, 6) is 0.0810. The fourth-order valence-corrected chi connectivity index (χ4v) is 3.37. The van der Waals surface area contributed by atoms with Crippen LogP contribution in [0.25, 0.3) is 22.3 Å². The fourth-order valence-electron chi connectivity index (χ4n) is 3.37. The number of H-pyrrole nitrogens is 1. The number of fused-ring (bicyclic) bond motifs is 1. The van der Waals surface area contributed by atoms with Crippen molar-refractivity contribution in [2.45, 2.75) is 46.1 Å². The van der Waals surface area contributed by atoms with Gasteiger partial charge in [-0.3, -0.25) is 4.79 Å². The predicted molar refractivity (Wildman–Crippen MR) is 113 cm³/mol. The fraction of sp³-hybridized carbons (Fsp3) is 0.318. The van der Waals surface area contributed by atoms with Crippen LogP contribution in [-0.2, 0) is 5.41 Å². The average Bonchev–Trinajstić information content (AvgIpc) is 3.36. The Hall–Kier alpha value is -3.55. The van der Waals surface area contributed by atoms with Gasteiger partial charge in [0.15, 0.2) is 5.82 Å². The quantitative estimate of drug-likeness (QED) is 0.530. The summed E-state index contributed by atoms with van der Waals surface area (Å²) < 4.78 is 5.14. The summed E-state index contributed by atoms with van der Waals surface area (Å²) in [5.41, 5.74) is 4.43. The maximum Gasteiger partial charge on any atom is 0.315 e. The molecule has 0 saturated heterocycles. The van der Waals surface area contributed by atoms with Gasteiger partial charge in [-0.05, 0) is 37.1 Å². The van der Waals surface area contributed by atoms with Crippen LogP contribution in [0.2, 0.25) is 0 Å². The lowest BCUT2D eigenvalue weighted by molar-refractivity contribution is 0.0895. The minimum atomic E-state index is -0.390. The van der Waals surface area contributed by atoms with Crippen LogP contribution >= 0.6 is 0 Å². The van der Waals surface area contributed by atoms with Gasteiger partial charge in [0.1, 0.15) is 12.0 Å². The van der Waals surface area contributed by atoms with Crippen LogP contribution < -0.4 is 5.32 Å². The van der Waals surface area contributed by atoms with Gasteiger partial charge >= 0.3 is 11.8 Å². The second-order valence-electron chi connectivity index (χ2n) is 8.40. The topological polar surface area (TPSA) is 110 Å². The van der Waals surface area contributed by atoms with Crippen molar-refractivity contribution in [1.82, 2.24) is 30.4 Å². The summed E-state index contributed by atoms with van der Waals surface area (Å²) in [4.78, 5) is 28.6. The molecule has 1 aromatic carbocycles. The van der Waals surface area contributed by atoms with Gasteiger partial charge in [-0.15, -0.1) is 0 Å². The van der Waals surface area contributed by atoms with Gasteiger partial charge in [0, 0.05) is 22.6 Å². The molecule has 2 N–H and O–H groups in total. The minimum absolute atomic E-state index is 0.0307. The van der Waals surface area contributed by atoms with E-state index < -0.39 is 0 Å². The number of nitrogens with zero attached hydrogens (tertiary/aromatic N) is 4. The number of carbonyl (C=O) groups excluding carboxylic acids is 1. The van der Waals surface area contributed by atoms with Crippen LogP contribution in [0.3, 0.4) is 0 Å². The molecule has 0 spiro atoms. The number of aromatic amines is 1. The van der Waals surface area contributed by atoms with Gasteiger partial charge in [0.05, 0.1) is 11.7 Å². The van der Waals surface area contributed by atoms with Crippen LogP contribution in [0.4, 0.5) is 0 Å². The monoisotopic (exact) mass is 404 g/mol. The number of amides is 1. The zero-order valence-corrected chi connectivity index (χ0v) is 17.6. The molecule has 3 aromatic heterocycles. The molecule has 0 radical (unpaired) electrons. The highest BCUT2D eigenvalue weighted by atomic mass is 16.5. The molecular weight excluding hydrogens is 380 g/mol. The van der Waals surface area contributed by atoms with E-state index in [1.54, 1.807) is 6.33 Å². The van der Waals surface area contributed by atoms with Gasteiger partial charge in [-0.25, -0.2) is 9.97 Å². The van der Waals surface area contributed by atoms with E-state index in [0.717, 1.165) is 33.4 Å². The lowest BCUT2D eigenvalue weighted by atomic mass is 9.96. The van der Waals surface area contributed by atoms with E-state index in [-0.39, 0.29) is 23.3 Å². The summed E-state index contributed by atoms with van der Waals surface area (Å²) in [6.07, 6.45) is 3.40. The average molecular weight is 404 g/mol. The number of aromatic nitrogens is 5. The lowest BCUT2D eigenvalue weighted by Gasteiger charge is -2.16. The van der Waals surface area contributed by atoms with E-state index in [2.05, 4.69) is 36.5 Å². The normalized spacial score (nSPS) is 12.8. The number of carbonyl (C=O) groups is 1. The highest BCUT2D eigenvalue weighted by molar-refractivity contribution is 5.91. The van der Waals surface area contributed by atoms with Crippen molar-refractivity contribution >= 4 is 16.9 Å². The first-order chi connectivity index (χ1) is 14.2. The van der Waals surface area contributed by atoms with E-state index in [9.17, 15) is 4.79 Å². The summed E-state index contributed by atoms with van der Waals surface area (Å²) in [5, 5.41) is 7.82. The van der Waals surface area contributed by atoms with Gasteiger partial charge in [0.25, 0.3) is 0 Å². The van der Waals surface area contributed by atoms with E-state index >= 15 is 0 Å². The molecule has 4 aromatic rings. The maximum absolute atomic E-state index is 12.6. The van der Waals surface area contributed by atoms with Crippen molar-refractivity contribution in [1.29, 1.82) is 0 Å². The second-order valence-corrected chi connectivity index (χ2v) is 8.40. The van der Waals surface area contributed by atoms with Crippen LogP contribution in [-0.4, -0.2) is 31.0 Å². The first kappa shape index (κ1) is 19.8. The highest BCUT2D eigenvalue weighted by Gasteiger charge is 2.25. The number of benzene rings is 1. The Morgan fingerprint density at radius 1 is 1.20 bits per heavy atom. The van der Waals surface area contributed by atoms with Crippen molar-refractivity contribution in [3.63, 3.8) is 0 Å². The molecule has 30 heavy (non-hydrogen) atoms. The SMILES string of the molecule is Cc1cc(-c2ncnc3[nH]ccc23)ccc1[C@@H](C)NC(=O)c1nc(C(C)(C)C)no1. The molecule has 4 rings (SSSR count). The lowest BCUT2D eigenvalue weighted by Crippen LogP contribution is -2.27. The Balaban J connectivity index is 1.55. The molecule has 0 fully saturated rings. The Bertz CT molecular complexity index is 1220. The van der Waals surface area contributed by atoms with Crippen molar-refractivity contribution in [3.05, 3.63) is 59.6 Å². The minimum Gasteiger partial charge on any atom is -0.346 e. The summed E-state index contributed by atoms with van der Waals surface area (Å²) >= 11 is 0. The van der Waals surface area contributed by atoms with E-state index in [0.29, 0.717) is 5.82 Å². The molecule has 0 unspecified atom stereocenters. The van der Waals surface area contributed by atoms with Crippen molar-refractivity contribution in [2.75, 3.05) is 0 Å². The molecule has 0 aliphatic carbocycles. The molecule has 3 heterocycles. The molecule has 0 aliphatic heterocycles. The van der Waals surface area contributed by atoms with Gasteiger partial charge in [0.2, 0.25) is 0 Å². The Morgan fingerprint density at radius 2 is 2.00 bits per heavy atom. The van der Waals surface area contributed by atoms with Gasteiger partial charge in [-0.1, -0.05) is 38.1 Å². The first-order valence-electron chi connectivity index (χ1n) is 9.78. The zero-order chi connectivity index (χ0) is 21.5. The highest BCUT2D eigenvalue weighted by Crippen LogP contribution is 2.28. The zero-order valence-electron chi connectivity index (χ0n) is 17.6. The molecule has 0 saturated carbocycles. The molecule has 8 heteroatoms. The molecule has 154 valence electrons. The summed E-state index contributed by atoms with van der Waals surface area (Å²) in [6.45, 7) is 9.83. The number of nitrogens with one attached hydrogen (secondary N) is 2. The third kappa shape index (κ3) is 3.68. The maximum atomic E-state index is 12.6. The number of hydrogen-bond acceptors (Lipinski definition) is 6. The van der Waals surface area contributed by atoms with Crippen LogP contribution in [0.5, 0.6) is 0 Å².